The monoisotopic (exact) mass is 295 g/mol. The molecule has 0 bridgehead atoms. The summed E-state index contributed by atoms with van der Waals surface area (Å²) in [4.78, 5) is 6.60. The Morgan fingerprint density at radius 1 is 1.43 bits per heavy atom. The first-order chi connectivity index (χ1) is 10.2. The van der Waals surface area contributed by atoms with Crippen molar-refractivity contribution in [1.29, 1.82) is 0 Å². The van der Waals surface area contributed by atoms with E-state index in [1.807, 2.05) is 0 Å². The van der Waals surface area contributed by atoms with Gasteiger partial charge in [-0.15, -0.1) is 0 Å². The molecule has 4 nitrogen and oxygen atoms in total. The van der Waals surface area contributed by atoms with Crippen molar-refractivity contribution >= 4 is 0 Å². The van der Waals surface area contributed by atoms with Crippen LogP contribution in [-0.2, 0) is 0 Å². The van der Waals surface area contributed by atoms with Crippen molar-refractivity contribution < 1.29 is 9.50 Å². The van der Waals surface area contributed by atoms with E-state index in [1.165, 1.54) is 12.3 Å². The standard InChI is InChI=1S/C16H26FN3O/c1-2-8-18-16(15-4-3-13(17)12-19-15)7-11-20-9-5-14(21)6-10-20/h3-4,12,14,16,18,21H,2,5-11H2,1H3. The predicted molar refractivity (Wildman–Crippen MR) is 81.5 cm³/mol. The van der Waals surface area contributed by atoms with Gasteiger partial charge in [-0.05, 0) is 44.4 Å². The molecular formula is C16H26FN3O. The van der Waals surface area contributed by atoms with E-state index in [2.05, 4.69) is 22.1 Å². The molecule has 2 heterocycles. The molecule has 1 fully saturated rings. The summed E-state index contributed by atoms with van der Waals surface area (Å²) in [6.07, 6.45) is 4.90. The second kappa shape index (κ2) is 8.41. The number of nitrogens with one attached hydrogen (secondary N) is 1. The molecule has 0 amide bonds. The minimum atomic E-state index is -0.294. The highest BCUT2D eigenvalue weighted by molar-refractivity contribution is 5.10. The second-order valence-corrected chi connectivity index (χ2v) is 5.77. The zero-order valence-corrected chi connectivity index (χ0v) is 12.8. The van der Waals surface area contributed by atoms with E-state index in [4.69, 9.17) is 0 Å². The molecular weight excluding hydrogens is 269 g/mol. The summed E-state index contributed by atoms with van der Waals surface area (Å²) in [5.41, 5.74) is 0.905. The maximum absolute atomic E-state index is 13.0. The Kier molecular flexibility index (Phi) is 6.54. The lowest BCUT2D eigenvalue weighted by Crippen LogP contribution is -2.38. The van der Waals surface area contributed by atoms with Gasteiger partial charge in [-0.3, -0.25) is 4.98 Å². The van der Waals surface area contributed by atoms with E-state index in [0.717, 1.165) is 57.6 Å². The summed E-state index contributed by atoms with van der Waals surface area (Å²) in [6.45, 7) is 5.96. The molecule has 0 aliphatic carbocycles. The zero-order chi connectivity index (χ0) is 15.1. The molecule has 2 N–H and O–H groups in total. The molecule has 118 valence electrons. The van der Waals surface area contributed by atoms with Gasteiger partial charge in [0.2, 0.25) is 0 Å². The molecule has 0 saturated carbocycles. The Hall–Kier alpha value is -1.04. The molecule has 0 radical (unpaired) electrons. The third-order valence-corrected chi connectivity index (χ3v) is 4.04. The highest BCUT2D eigenvalue weighted by atomic mass is 19.1. The van der Waals surface area contributed by atoms with Crippen LogP contribution >= 0.6 is 0 Å². The first-order valence-electron chi connectivity index (χ1n) is 7.94. The van der Waals surface area contributed by atoms with Crippen molar-refractivity contribution in [2.24, 2.45) is 0 Å². The number of halogens is 1. The van der Waals surface area contributed by atoms with Gasteiger partial charge in [-0.25, -0.2) is 4.39 Å². The molecule has 0 spiro atoms. The maximum atomic E-state index is 13.0. The van der Waals surface area contributed by atoms with E-state index in [9.17, 15) is 9.50 Å². The quantitative estimate of drug-likeness (QED) is 0.809. The second-order valence-electron chi connectivity index (χ2n) is 5.77. The highest BCUT2D eigenvalue weighted by Gasteiger charge is 2.19. The van der Waals surface area contributed by atoms with E-state index in [1.54, 1.807) is 6.07 Å². The molecule has 1 aromatic rings. The van der Waals surface area contributed by atoms with E-state index in [-0.39, 0.29) is 18.0 Å². The number of likely N-dealkylation sites (tertiary alicyclic amines) is 1. The maximum Gasteiger partial charge on any atom is 0.141 e. The van der Waals surface area contributed by atoms with Gasteiger partial charge in [0.05, 0.1) is 24.0 Å². The molecule has 5 heteroatoms. The van der Waals surface area contributed by atoms with Gasteiger partial charge < -0.3 is 15.3 Å². The Morgan fingerprint density at radius 3 is 2.81 bits per heavy atom. The molecule has 2 rings (SSSR count). The van der Waals surface area contributed by atoms with Crippen LogP contribution in [0.15, 0.2) is 18.3 Å². The van der Waals surface area contributed by atoms with E-state index in [0.29, 0.717) is 0 Å². The lowest BCUT2D eigenvalue weighted by Gasteiger charge is -2.30. The number of hydrogen-bond acceptors (Lipinski definition) is 4. The van der Waals surface area contributed by atoms with Crippen molar-refractivity contribution in [1.82, 2.24) is 15.2 Å². The van der Waals surface area contributed by atoms with Crippen molar-refractivity contribution in [2.45, 2.75) is 44.8 Å². The molecule has 1 aromatic heterocycles. The number of aromatic nitrogens is 1. The average molecular weight is 295 g/mol. The molecule has 1 atom stereocenters. The van der Waals surface area contributed by atoms with E-state index >= 15 is 0 Å². The number of aliphatic hydroxyl groups is 1. The third kappa shape index (κ3) is 5.34. The number of hydrogen-bond donors (Lipinski definition) is 2. The van der Waals surface area contributed by atoms with Crippen LogP contribution in [0.25, 0.3) is 0 Å². The molecule has 0 aromatic carbocycles. The van der Waals surface area contributed by atoms with Crippen LogP contribution in [0.2, 0.25) is 0 Å². The average Bonchev–Trinajstić information content (AvgIpc) is 2.50. The molecule has 1 saturated heterocycles. The SMILES string of the molecule is CCCNC(CCN1CCC(O)CC1)c1ccc(F)cn1. The number of aliphatic hydroxyl groups excluding tert-OH is 1. The summed E-state index contributed by atoms with van der Waals surface area (Å²) >= 11 is 0. The fraction of sp³-hybridized carbons (Fsp3) is 0.688. The summed E-state index contributed by atoms with van der Waals surface area (Å²) in [7, 11) is 0. The topological polar surface area (TPSA) is 48.4 Å². The summed E-state index contributed by atoms with van der Waals surface area (Å²) in [6, 6.07) is 3.40. The van der Waals surface area contributed by atoms with Crippen molar-refractivity contribution in [2.75, 3.05) is 26.2 Å². The fourth-order valence-electron chi connectivity index (χ4n) is 2.72. The lowest BCUT2D eigenvalue weighted by atomic mass is 10.1. The van der Waals surface area contributed by atoms with Gasteiger partial charge in [0.1, 0.15) is 5.82 Å². The van der Waals surface area contributed by atoms with Crippen molar-refractivity contribution in [3.8, 4) is 0 Å². The van der Waals surface area contributed by atoms with Gasteiger partial charge in [0.25, 0.3) is 0 Å². The smallest absolute Gasteiger partial charge is 0.141 e. The zero-order valence-electron chi connectivity index (χ0n) is 12.8. The first kappa shape index (κ1) is 16.3. The minimum Gasteiger partial charge on any atom is -0.393 e. The number of piperidine rings is 1. The normalized spacial score (nSPS) is 18.8. The molecule has 1 aliphatic rings. The first-order valence-corrected chi connectivity index (χ1v) is 7.94. The van der Waals surface area contributed by atoms with Crippen LogP contribution in [0.4, 0.5) is 4.39 Å². The number of rotatable bonds is 7. The molecule has 21 heavy (non-hydrogen) atoms. The lowest BCUT2D eigenvalue weighted by molar-refractivity contribution is 0.0805. The Labute approximate surface area is 126 Å². The number of pyridine rings is 1. The highest BCUT2D eigenvalue weighted by Crippen LogP contribution is 2.17. The van der Waals surface area contributed by atoms with E-state index < -0.39 is 0 Å². The minimum absolute atomic E-state index is 0.131. The molecule has 1 unspecified atom stereocenters. The van der Waals surface area contributed by atoms with Crippen LogP contribution in [0.5, 0.6) is 0 Å². The van der Waals surface area contributed by atoms with Crippen LogP contribution < -0.4 is 5.32 Å². The fourth-order valence-corrected chi connectivity index (χ4v) is 2.72. The van der Waals surface area contributed by atoms with Crippen molar-refractivity contribution in [3.63, 3.8) is 0 Å². The number of nitrogens with zero attached hydrogens (tertiary/aromatic N) is 2. The van der Waals surface area contributed by atoms with Gasteiger partial charge >= 0.3 is 0 Å². The summed E-state index contributed by atoms with van der Waals surface area (Å²) in [5, 5.41) is 13.0. The van der Waals surface area contributed by atoms with Gasteiger partial charge in [0, 0.05) is 19.6 Å². The predicted octanol–water partition coefficient (Wildman–Crippen LogP) is 2.11. The van der Waals surface area contributed by atoms with Crippen LogP contribution in [0.3, 0.4) is 0 Å². The van der Waals surface area contributed by atoms with Gasteiger partial charge in [-0.2, -0.15) is 0 Å². The largest absolute Gasteiger partial charge is 0.393 e. The van der Waals surface area contributed by atoms with Crippen LogP contribution in [-0.4, -0.2) is 47.3 Å². The van der Waals surface area contributed by atoms with Crippen LogP contribution in [0, 0.1) is 5.82 Å². The van der Waals surface area contributed by atoms with Crippen LogP contribution in [0.1, 0.15) is 44.3 Å². The third-order valence-electron chi connectivity index (χ3n) is 4.04. The Bertz CT molecular complexity index is 404. The Morgan fingerprint density at radius 2 is 2.19 bits per heavy atom. The van der Waals surface area contributed by atoms with Gasteiger partial charge in [-0.1, -0.05) is 6.92 Å². The van der Waals surface area contributed by atoms with Crippen molar-refractivity contribution in [3.05, 3.63) is 29.8 Å². The van der Waals surface area contributed by atoms with Gasteiger partial charge in [0.15, 0.2) is 0 Å². The summed E-state index contributed by atoms with van der Waals surface area (Å²) in [5.74, 6) is -0.294. The molecule has 1 aliphatic heterocycles. The Balaban J connectivity index is 1.88. The summed E-state index contributed by atoms with van der Waals surface area (Å²) < 4.78 is 13.0.